The molecule has 0 aliphatic heterocycles. The van der Waals surface area contributed by atoms with Gasteiger partial charge in [0.15, 0.2) is 11.0 Å². The van der Waals surface area contributed by atoms with E-state index in [2.05, 4.69) is 34.3 Å². The summed E-state index contributed by atoms with van der Waals surface area (Å²) in [6.45, 7) is 2.21. The molecule has 0 aliphatic rings. The highest BCUT2D eigenvalue weighted by molar-refractivity contribution is 7.98. The van der Waals surface area contributed by atoms with E-state index in [1.165, 1.54) is 49.6 Å². The summed E-state index contributed by atoms with van der Waals surface area (Å²) in [6.07, 6.45) is 13.9. The summed E-state index contributed by atoms with van der Waals surface area (Å²) in [7, 11) is 1.88. The highest BCUT2D eigenvalue weighted by Crippen LogP contribution is 2.26. The van der Waals surface area contributed by atoms with Crippen molar-refractivity contribution in [2.75, 3.05) is 0 Å². The van der Waals surface area contributed by atoms with Crippen LogP contribution in [0.25, 0.3) is 17.5 Å². The summed E-state index contributed by atoms with van der Waals surface area (Å²) in [5.74, 6) is -0.0515. The van der Waals surface area contributed by atoms with Crippen molar-refractivity contribution in [1.29, 1.82) is 0 Å². The third-order valence-electron chi connectivity index (χ3n) is 4.68. The van der Waals surface area contributed by atoms with Gasteiger partial charge in [0.25, 0.3) is 0 Å². The van der Waals surface area contributed by atoms with Crippen molar-refractivity contribution in [2.24, 2.45) is 7.05 Å². The van der Waals surface area contributed by atoms with Gasteiger partial charge < -0.3 is 4.57 Å². The zero-order valence-corrected chi connectivity index (χ0v) is 18.1. The van der Waals surface area contributed by atoms with Crippen LogP contribution in [0, 0.1) is 11.6 Å². The van der Waals surface area contributed by atoms with E-state index in [9.17, 15) is 8.78 Å². The van der Waals surface area contributed by atoms with Crippen molar-refractivity contribution in [1.82, 2.24) is 19.7 Å². The van der Waals surface area contributed by atoms with Gasteiger partial charge in [0.05, 0.1) is 0 Å². The van der Waals surface area contributed by atoms with E-state index in [0.717, 1.165) is 23.6 Å². The predicted molar refractivity (Wildman–Crippen MR) is 118 cm³/mol. The molecule has 0 radical (unpaired) electrons. The fraction of sp³-hybridized carbons (Fsp3) is 0.348. The predicted octanol–water partition coefficient (Wildman–Crippen LogP) is 6.43. The van der Waals surface area contributed by atoms with Crippen molar-refractivity contribution in [3.05, 3.63) is 65.5 Å². The molecule has 30 heavy (non-hydrogen) atoms. The first-order chi connectivity index (χ1) is 14.6. The second-order valence-electron chi connectivity index (χ2n) is 7.19. The van der Waals surface area contributed by atoms with Crippen molar-refractivity contribution in [3.8, 4) is 11.4 Å². The molecule has 0 aliphatic carbocycles. The maximum absolute atomic E-state index is 13.4. The van der Waals surface area contributed by atoms with Crippen LogP contribution in [0.1, 0.15) is 50.2 Å². The number of pyridine rings is 1. The third kappa shape index (κ3) is 6.23. The lowest BCUT2D eigenvalue weighted by Gasteiger charge is -2.05. The quantitative estimate of drug-likeness (QED) is 0.276. The molecule has 4 nitrogen and oxygen atoms in total. The van der Waals surface area contributed by atoms with Gasteiger partial charge in [-0.3, -0.25) is 4.98 Å². The van der Waals surface area contributed by atoms with Crippen molar-refractivity contribution in [3.63, 3.8) is 0 Å². The number of benzene rings is 1. The molecule has 7 heteroatoms. The minimum Gasteiger partial charge on any atom is -0.305 e. The first-order valence-electron chi connectivity index (χ1n) is 10.2. The minimum absolute atomic E-state index is 0.402. The van der Waals surface area contributed by atoms with Gasteiger partial charge in [-0.05, 0) is 42.2 Å². The van der Waals surface area contributed by atoms with Crippen LogP contribution >= 0.6 is 11.8 Å². The molecule has 2 heterocycles. The third-order valence-corrected chi connectivity index (χ3v) is 5.77. The molecule has 0 saturated carbocycles. The molecule has 2 aromatic heterocycles. The molecule has 3 aromatic rings. The maximum Gasteiger partial charge on any atom is 0.191 e. The number of hydrogen-bond acceptors (Lipinski definition) is 4. The van der Waals surface area contributed by atoms with E-state index in [0.29, 0.717) is 22.3 Å². The standard InChI is InChI=1S/C23H26F2N4S/c1-3-4-5-6-7-8-9-17-10-19(15-26-14-17)22-27-28-23(29(22)2)30-16-18-11-20(24)13-21(25)12-18/h8-15H,3-7,16H2,1-2H3/b9-8+. The molecule has 0 fully saturated rings. The summed E-state index contributed by atoms with van der Waals surface area (Å²) in [4.78, 5) is 4.33. The minimum atomic E-state index is -0.578. The summed E-state index contributed by atoms with van der Waals surface area (Å²) < 4.78 is 28.6. The number of aromatic nitrogens is 4. The molecule has 158 valence electrons. The monoisotopic (exact) mass is 428 g/mol. The van der Waals surface area contributed by atoms with E-state index >= 15 is 0 Å². The zero-order valence-electron chi connectivity index (χ0n) is 17.3. The van der Waals surface area contributed by atoms with E-state index < -0.39 is 11.6 Å². The Bertz CT molecular complexity index is 980. The molecule has 0 bridgehead atoms. The molecular formula is C23H26F2N4S. The smallest absolute Gasteiger partial charge is 0.191 e. The normalized spacial score (nSPS) is 11.5. The second-order valence-corrected chi connectivity index (χ2v) is 8.13. The first-order valence-corrected chi connectivity index (χ1v) is 11.1. The van der Waals surface area contributed by atoms with Gasteiger partial charge in [-0.25, -0.2) is 8.78 Å². The van der Waals surface area contributed by atoms with Crippen molar-refractivity contribution in [2.45, 2.75) is 49.9 Å². The fourth-order valence-electron chi connectivity index (χ4n) is 3.11. The van der Waals surface area contributed by atoms with Crippen LogP contribution in [0.15, 0.2) is 47.9 Å². The lowest BCUT2D eigenvalue weighted by molar-refractivity contribution is 0.581. The van der Waals surface area contributed by atoms with Crippen LogP contribution < -0.4 is 0 Å². The van der Waals surface area contributed by atoms with Gasteiger partial charge in [0.2, 0.25) is 0 Å². The Hall–Kier alpha value is -2.54. The van der Waals surface area contributed by atoms with Crippen LogP contribution in [0.3, 0.4) is 0 Å². The average Bonchev–Trinajstić information content (AvgIpc) is 3.09. The largest absolute Gasteiger partial charge is 0.305 e. The van der Waals surface area contributed by atoms with Crippen molar-refractivity contribution < 1.29 is 8.78 Å². The van der Waals surface area contributed by atoms with E-state index in [1.54, 1.807) is 6.20 Å². The Balaban J connectivity index is 1.65. The lowest BCUT2D eigenvalue weighted by Crippen LogP contribution is -1.96. The Labute approximate surface area is 180 Å². The second kappa shape index (κ2) is 11.0. The molecule has 1 aromatic carbocycles. The van der Waals surface area contributed by atoms with Gasteiger partial charge in [-0.2, -0.15) is 0 Å². The van der Waals surface area contributed by atoms with Crippen LogP contribution in [-0.4, -0.2) is 19.7 Å². The summed E-state index contributed by atoms with van der Waals surface area (Å²) >= 11 is 1.38. The highest BCUT2D eigenvalue weighted by atomic mass is 32.2. The SMILES string of the molecule is CCCCCC/C=C/c1cncc(-c2nnc(SCc3cc(F)cc(F)c3)n2C)c1. The van der Waals surface area contributed by atoms with Gasteiger partial charge in [-0.15, -0.1) is 10.2 Å². The Kier molecular flexibility index (Phi) is 8.13. The van der Waals surface area contributed by atoms with Crippen molar-refractivity contribution >= 4 is 17.8 Å². The van der Waals surface area contributed by atoms with Gasteiger partial charge in [0, 0.05) is 36.8 Å². The van der Waals surface area contributed by atoms with Crippen LogP contribution in [0.2, 0.25) is 0 Å². The van der Waals surface area contributed by atoms with Gasteiger partial charge in [0.1, 0.15) is 11.6 Å². The summed E-state index contributed by atoms with van der Waals surface area (Å²) in [5, 5.41) is 9.19. The number of rotatable bonds is 10. The van der Waals surface area contributed by atoms with Gasteiger partial charge in [-0.1, -0.05) is 50.1 Å². The Morgan fingerprint density at radius 1 is 1.00 bits per heavy atom. The van der Waals surface area contributed by atoms with E-state index in [4.69, 9.17) is 0 Å². The lowest BCUT2D eigenvalue weighted by atomic mass is 10.1. The number of allylic oxidation sites excluding steroid dienone is 1. The van der Waals surface area contributed by atoms with E-state index in [1.807, 2.05) is 23.9 Å². The molecule has 0 N–H and O–H groups in total. The summed E-state index contributed by atoms with van der Waals surface area (Å²) in [5.41, 5.74) is 2.46. The topological polar surface area (TPSA) is 43.6 Å². The molecule has 0 amide bonds. The van der Waals surface area contributed by atoms with Crippen LogP contribution in [0.4, 0.5) is 8.78 Å². The van der Waals surface area contributed by atoms with E-state index in [-0.39, 0.29) is 0 Å². The van der Waals surface area contributed by atoms with Crippen LogP contribution in [0.5, 0.6) is 0 Å². The Morgan fingerprint density at radius 3 is 2.57 bits per heavy atom. The summed E-state index contributed by atoms with van der Waals surface area (Å²) in [6, 6.07) is 5.56. The molecular weight excluding hydrogens is 402 g/mol. The average molecular weight is 429 g/mol. The number of thioether (sulfide) groups is 1. The number of nitrogens with zero attached hydrogens (tertiary/aromatic N) is 4. The molecule has 0 saturated heterocycles. The van der Waals surface area contributed by atoms with Crippen LogP contribution in [-0.2, 0) is 12.8 Å². The fourth-order valence-corrected chi connectivity index (χ4v) is 3.95. The molecule has 0 unspecified atom stereocenters. The highest BCUT2D eigenvalue weighted by Gasteiger charge is 2.12. The number of hydrogen-bond donors (Lipinski definition) is 0. The number of unbranched alkanes of at least 4 members (excludes halogenated alkanes) is 4. The first kappa shape index (κ1) is 22.2. The number of halogens is 2. The zero-order chi connectivity index (χ0) is 21.3. The Morgan fingerprint density at radius 2 is 1.80 bits per heavy atom. The molecule has 0 atom stereocenters. The molecule has 0 spiro atoms. The van der Waals surface area contributed by atoms with Gasteiger partial charge >= 0.3 is 0 Å². The molecule has 3 rings (SSSR count). The maximum atomic E-state index is 13.4.